The molecule has 5 nitrogen and oxygen atoms in total. The highest BCUT2D eigenvalue weighted by Gasteiger charge is 2.36. The number of aromatic amines is 1. The monoisotopic (exact) mass is 260 g/mol. The normalized spacial score (nSPS) is 11.9. The van der Waals surface area contributed by atoms with Gasteiger partial charge in [0.1, 0.15) is 12.4 Å². The molecule has 94 valence electrons. The maximum absolute atomic E-state index is 10.7. The van der Waals surface area contributed by atoms with Crippen LogP contribution in [-0.4, -0.2) is 23.5 Å². The minimum atomic E-state index is -6.09. The zero-order chi connectivity index (χ0) is 13.0. The summed E-state index contributed by atoms with van der Waals surface area (Å²) in [5.74, 6) is 1.27. The number of nitrogens with one attached hydrogen (secondary N) is 1. The van der Waals surface area contributed by atoms with Gasteiger partial charge >= 0.3 is 5.51 Å². The molecule has 0 amide bonds. The Morgan fingerprint density at radius 3 is 2.06 bits per heavy atom. The lowest BCUT2D eigenvalue weighted by Crippen LogP contribution is -2.29. The summed E-state index contributed by atoms with van der Waals surface area (Å²) in [4.78, 5) is 3.12. The average Bonchev–Trinajstić information content (AvgIpc) is 2.48. The predicted octanol–water partition coefficient (Wildman–Crippen LogP) is 0.453. The minimum Gasteiger partial charge on any atom is -0.741 e. The number of nitrogens with zero attached hydrogens (tertiary/aromatic N) is 1. The lowest BCUT2D eigenvalue weighted by atomic mass is 10.5. The number of aromatic nitrogens is 2. The fourth-order valence-corrected chi connectivity index (χ4v) is 0.789. The van der Waals surface area contributed by atoms with E-state index >= 15 is 0 Å². The predicted molar refractivity (Wildman–Crippen MR) is 47.1 cm³/mol. The third-order valence-electron chi connectivity index (χ3n) is 1.59. The Morgan fingerprint density at radius 1 is 1.50 bits per heavy atom. The summed E-state index contributed by atoms with van der Waals surface area (Å²) in [5.41, 5.74) is -5.65. The lowest BCUT2D eigenvalue weighted by molar-refractivity contribution is -0.677. The number of H-pyrrole nitrogens is 1. The van der Waals surface area contributed by atoms with Crippen LogP contribution in [0.15, 0.2) is 12.4 Å². The van der Waals surface area contributed by atoms with Gasteiger partial charge in [0.2, 0.25) is 0 Å². The van der Waals surface area contributed by atoms with Crippen LogP contribution < -0.4 is 4.57 Å². The Morgan fingerprint density at radius 2 is 1.94 bits per heavy atom. The molecule has 0 spiro atoms. The van der Waals surface area contributed by atoms with Crippen LogP contribution in [0.25, 0.3) is 0 Å². The van der Waals surface area contributed by atoms with Gasteiger partial charge < -0.3 is 4.55 Å². The van der Waals surface area contributed by atoms with Crippen molar-refractivity contribution in [2.24, 2.45) is 7.05 Å². The van der Waals surface area contributed by atoms with Gasteiger partial charge in [0.25, 0.3) is 5.82 Å². The molecule has 0 aromatic carbocycles. The van der Waals surface area contributed by atoms with Gasteiger partial charge in [-0.1, -0.05) is 6.92 Å². The van der Waals surface area contributed by atoms with Crippen molar-refractivity contribution >= 4 is 10.1 Å². The van der Waals surface area contributed by atoms with Gasteiger partial charge in [-0.3, -0.25) is 0 Å². The van der Waals surface area contributed by atoms with Crippen LogP contribution in [0.4, 0.5) is 13.2 Å². The van der Waals surface area contributed by atoms with Crippen LogP contribution in [0.3, 0.4) is 0 Å². The zero-order valence-corrected chi connectivity index (χ0v) is 9.39. The molecule has 0 saturated heterocycles. The van der Waals surface area contributed by atoms with Crippen LogP contribution in [0.1, 0.15) is 12.7 Å². The number of imidazole rings is 1. The molecule has 0 aliphatic heterocycles. The van der Waals surface area contributed by atoms with Crippen molar-refractivity contribution in [2.45, 2.75) is 18.9 Å². The van der Waals surface area contributed by atoms with Gasteiger partial charge in [-0.25, -0.2) is 18.0 Å². The maximum Gasteiger partial charge on any atom is 0.485 e. The Bertz CT molecular complexity index is 424. The number of rotatable bonds is 1. The van der Waals surface area contributed by atoms with Gasteiger partial charge in [0, 0.05) is 6.42 Å². The molecular weight excluding hydrogens is 249 g/mol. The quantitative estimate of drug-likeness (QED) is 0.452. The van der Waals surface area contributed by atoms with E-state index in [1.54, 1.807) is 0 Å². The van der Waals surface area contributed by atoms with Crippen molar-refractivity contribution in [2.75, 3.05) is 0 Å². The molecule has 1 aromatic heterocycles. The Hall–Kier alpha value is -1.09. The second-order valence-electron chi connectivity index (χ2n) is 2.77. The number of hydrogen-bond donors (Lipinski definition) is 1. The van der Waals surface area contributed by atoms with Crippen LogP contribution in [0, 0.1) is 0 Å². The molecule has 9 heteroatoms. The molecule has 1 aromatic rings. The fraction of sp³-hybridized carbons (Fsp3) is 0.571. The van der Waals surface area contributed by atoms with Crippen molar-refractivity contribution in [1.29, 1.82) is 0 Å². The van der Waals surface area contributed by atoms with Gasteiger partial charge in [-0.2, -0.15) is 13.2 Å². The Labute approximate surface area is 90.7 Å². The molecule has 0 bridgehead atoms. The van der Waals surface area contributed by atoms with Gasteiger partial charge in [-0.15, -0.1) is 0 Å². The smallest absolute Gasteiger partial charge is 0.485 e. The van der Waals surface area contributed by atoms with E-state index < -0.39 is 15.6 Å². The molecule has 16 heavy (non-hydrogen) atoms. The van der Waals surface area contributed by atoms with Crippen LogP contribution in [0.5, 0.6) is 0 Å². The third-order valence-corrected chi connectivity index (χ3v) is 2.16. The molecule has 0 saturated carbocycles. The van der Waals surface area contributed by atoms with Crippen LogP contribution >= 0.6 is 0 Å². The molecule has 0 fully saturated rings. The number of aryl methyl sites for hydroxylation is 2. The highest BCUT2D eigenvalue weighted by molar-refractivity contribution is 7.86. The van der Waals surface area contributed by atoms with E-state index in [0.717, 1.165) is 6.42 Å². The third kappa shape index (κ3) is 4.62. The fourth-order valence-electron chi connectivity index (χ4n) is 0.789. The topological polar surface area (TPSA) is 76.9 Å². The first-order valence-electron chi connectivity index (χ1n) is 4.13. The summed E-state index contributed by atoms with van der Waals surface area (Å²) < 4.78 is 61.0. The van der Waals surface area contributed by atoms with E-state index in [4.69, 9.17) is 13.0 Å². The summed E-state index contributed by atoms with van der Waals surface area (Å²) >= 11 is 0. The first-order valence-corrected chi connectivity index (χ1v) is 5.54. The van der Waals surface area contributed by atoms with Crippen molar-refractivity contribution in [3.05, 3.63) is 18.2 Å². The highest BCUT2D eigenvalue weighted by Crippen LogP contribution is 2.20. The van der Waals surface area contributed by atoms with E-state index in [-0.39, 0.29) is 0 Å². The standard InChI is InChI=1S/C6H10N2.CHF3O3S/c1-3-6-7-4-5-8(6)2;2-1(3,4)8(5,6)7/h4-5H,3H2,1-2H3;(H,5,6,7). The summed E-state index contributed by atoms with van der Waals surface area (Å²) in [7, 11) is -4.05. The number of hydrogen-bond acceptors (Lipinski definition) is 3. The first-order chi connectivity index (χ1) is 7.09. The summed E-state index contributed by atoms with van der Waals surface area (Å²) in [5, 5.41) is 0. The Balaban J connectivity index is 0.000000281. The van der Waals surface area contributed by atoms with Crippen molar-refractivity contribution < 1.29 is 30.7 Å². The molecular formula is C7H11F3N2O3S. The van der Waals surface area contributed by atoms with Gasteiger partial charge in [0.15, 0.2) is 10.1 Å². The molecule has 0 aliphatic carbocycles. The van der Waals surface area contributed by atoms with E-state index in [0.29, 0.717) is 0 Å². The largest absolute Gasteiger partial charge is 0.741 e. The van der Waals surface area contributed by atoms with Crippen molar-refractivity contribution in [3.8, 4) is 0 Å². The van der Waals surface area contributed by atoms with Gasteiger partial charge in [-0.05, 0) is 0 Å². The van der Waals surface area contributed by atoms with E-state index in [1.165, 1.54) is 5.82 Å². The molecule has 0 aliphatic rings. The van der Waals surface area contributed by atoms with Gasteiger partial charge in [0.05, 0.1) is 7.05 Å². The number of halogens is 3. The summed E-state index contributed by atoms with van der Waals surface area (Å²) in [6, 6.07) is 0. The SMILES string of the molecule is CCc1[nH]cc[n+]1C.O=S(=O)([O-])C(F)(F)F. The summed E-state index contributed by atoms with van der Waals surface area (Å²) in [6.45, 7) is 2.13. The molecule has 0 atom stereocenters. The zero-order valence-electron chi connectivity index (χ0n) is 8.58. The molecule has 0 unspecified atom stereocenters. The maximum atomic E-state index is 10.7. The second kappa shape index (κ2) is 5.30. The lowest BCUT2D eigenvalue weighted by Gasteiger charge is -2.08. The minimum absolute atomic E-state index is 1.07. The van der Waals surface area contributed by atoms with Crippen molar-refractivity contribution in [1.82, 2.24) is 4.98 Å². The summed E-state index contributed by atoms with van der Waals surface area (Å²) in [6.07, 6.45) is 5.03. The molecule has 1 rings (SSSR count). The number of alkyl halides is 3. The first kappa shape index (κ1) is 14.9. The van der Waals surface area contributed by atoms with E-state index in [1.807, 2.05) is 19.4 Å². The highest BCUT2D eigenvalue weighted by atomic mass is 32.2. The van der Waals surface area contributed by atoms with Crippen molar-refractivity contribution in [3.63, 3.8) is 0 Å². The van der Waals surface area contributed by atoms with E-state index in [2.05, 4.69) is 16.5 Å². The second-order valence-corrected chi connectivity index (χ2v) is 4.14. The Kier molecular flexibility index (Phi) is 4.94. The molecule has 0 radical (unpaired) electrons. The van der Waals surface area contributed by atoms with Crippen LogP contribution in [0.2, 0.25) is 0 Å². The molecule has 1 N–H and O–H groups in total. The van der Waals surface area contributed by atoms with Crippen LogP contribution in [-0.2, 0) is 23.6 Å². The van der Waals surface area contributed by atoms with E-state index in [9.17, 15) is 13.2 Å². The molecule has 1 heterocycles. The average molecular weight is 260 g/mol.